The quantitative estimate of drug-likeness (QED) is 0.724. The Balaban J connectivity index is 1.90. The molecular formula is C16H12N4O2. The number of H-pyrrole nitrogens is 1. The molecule has 0 aliphatic rings. The van der Waals surface area contributed by atoms with Gasteiger partial charge in [0.2, 0.25) is 5.95 Å². The Morgan fingerprint density at radius 1 is 1.32 bits per heavy atom. The number of fused-ring (bicyclic) bond motifs is 1. The number of aromatic amines is 1. The monoisotopic (exact) mass is 292 g/mol. The molecule has 0 aliphatic heterocycles. The lowest BCUT2D eigenvalue weighted by Crippen LogP contribution is -2.02. The third-order valence-corrected chi connectivity index (χ3v) is 3.16. The maximum absolute atomic E-state index is 11.5. The van der Waals surface area contributed by atoms with E-state index in [1.165, 1.54) is 7.11 Å². The number of carbonyl (C=O) groups excluding carboxylic acids is 1. The smallest absolute Gasteiger partial charge is 0.337 e. The van der Waals surface area contributed by atoms with Crippen LogP contribution in [0.3, 0.4) is 0 Å². The molecule has 0 atom stereocenters. The molecule has 1 aromatic heterocycles. The van der Waals surface area contributed by atoms with Crippen molar-refractivity contribution in [2.75, 3.05) is 12.4 Å². The number of benzene rings is 2. The summed E-state index contributed by atoms with van der Waals surface area (Å²) in [6.07, 6.45) is 0. The summed E-state index contributed by atoms with van der Waals surface area (Å²) >= 11 is 0. The number of rotatable bonds is 3. The molecule has 6 heteroatoms. The van der Waals surface area contributed by atoms with Crippen LogP contribution in [-0.2, 0) is 4.74 Å². The first-order chi connectivity index (χ1) is 10.7. The van der Waals surface area contributed by atoms with E-state index in [1.54, 1.807) is 36.4 Å². The Labute approximate surface area is 126 Å². The summed E-state index contributed by atoms with van der Waals surface area (Å²) in [4.78, 5) is 19.0. The van der Waals surface area contributed by atoms with Gasteiger partial charge in [-0.1, -0.05) is 6.07 Å². The Kier molecular flexibility index (Phi) is 3.46. The largest absolute Gasteiger partial charge is 0.465 e. The van der Waals surface area contributed by atoms with Crippen LogP contribution in [-0.4, -0.2) is 23.0 Å². The zero-order chi connectivity index (χ0) is 15.5. The van der Waals surface area contributed by atoms with E-state index in [4.69, 9.17) is 10.00 Å². The third kappa shape index (κ3) is 2.60. The minimum absolute atomic E-state index is 0.396. The number of hydrogen-bond donors (Lipinski definition) is 2. The van der Waals surface area contributed by atoms with Crippen LogP contribution in [0.1, 0.15) is 15.9 Å². The van der Waals surface area contributed by atoms with Gasteiger partial charge in [0.1, 0.15) is 0 Å². The summed E-state index contributed by atoms with van der Waals surface area (Å²) in [5.74, 6) is 0.138. The molecular weight excluding hydrogens is 280 g/mol. The van der Waals surface area contributed by atoms with Gasteiger partial charge in [0, 0.05) is 5.69 Å². The van der Waals surface area contributed by atoms with Gasteiger partial charge in [-0.15, -0.1) is 0 Å². The summed E-state index contributed by atoms with van der Waals surface area (Å²) in [6, 6.07) is 14.2. The van der Waals surface area contributed by atoms with Crippen molar-refractivity contribution in [1.82, 2.24) is 9.97 Å². The lowest BCUT2D eigenvalue weighted by Gasteiger charge is -2.04. The molecule has 0 spiro atoms. The molecule has 22 heavy (non-hydrogen) atoms. The number of ether oxygens (including phenoxy) is 1. The van der Waals surface area contributed by atoms with Crippen molar-refractivity contribution >= 4 is 28.6 Å². The topological polar surface area (TPSA) is 90.8 Å². The lowest BCUT2D eigenvalue weighted by atomic mass is 10.2. The maximum Gasteiger partial charge on any atom is 0.337 e. The zero-order valence-corrected chi connectivity index (χ0v) is 11.8. The van der Waals surface area contributed by atoms with Gasteiger partial charge in [-0.05, 0) is 36.4 Å². The molecule has 2 N–H and O–H groups in total. The SMILES string of the molecule is COC(=O)c1cccc(Nc2nc3ccc(C#N)cc3[nH]2)c1. The Bertz CT molecular complexity index is 893. The second kappa shape index (κ2) is 5.58. The second-order valence-electron chi connectivity index (χ2n) is 4.63. The van der Waals surface area contributed by atoms with E-state index < -0.39 is 5.97 Å². The van der Waals surface area contributed by atoms with Crippen molar-refractivity contribution in [2.45, 2.75) is 0 Å². The Morgan fingerprint density at radius 2 is 2.18 bits per heavy atom. The Hall–Kier alpha value is -3.33. The first kappa shape index (κ1) is 13.6. The average Bonchev–Trinajstić information content (AvgIpc) is 2.95. The number of nitriles is 1. The molecule has 0 bridgehead atoms. The number of hydrogen-bond acceptors (Lipinski definition) is 5. The zero-order valence-electron chi connectivity index (χ0n) is 11.8. The second-order valence-corrected chi connectivity index (χ2v) is 4.63. The molecule has 0 radical (unpaired) electrons. The van der Waals surface area contributed by atoms with Crippen molar-refractivity contribution in [2.24, 2.45) is 0 Å². The van der Waals surface area contributed by atoms with Gasteiger partial charge in [0.05, 0.1) is 35.3 Å². The first-order valence-electron chi connectivity index (χ1n) is 6.55. The van der Waals surface area contributed by atoms with E-state index in [0.717, 1.165) is 11.0 Å². The standard InChI is InChI=1S/C16H12N4O2/c1-22-15(21)11-3-2-4-12(8-11)18-16-19-13-6-5-10(9-17)7-14(13)20-16/h2-8H,1H3,(H2,18,19,20). The van der Waals surface area contributed by atoms with Crippen LogP contribution < -0.4 is 5.32 Å². The number of esters is 1. The average molecular weight is 292 g/mol. The molecule has 0 aliphatic carbocycles. The molecule has 0 saturated heterocycles. The molecule has 1 heterocycles. The van der Waals surface area contributed by atoms with Crippen LogP contribution >= 0.6 is 0 Å². The number of imidazole rings is 1. The fraction of sp³-hybridized carbons (Fsp3) is 0.0625. The van der Waals surface area contributed by atoms with Gasteiger partial charge in [-0.2, -0.15) is 5.26 Å². The highest BCUT2D eigenvalue weighted by atomic mass is 16.5. The van der Waals surface area contributed by atoms with Gasteiger partial charge in [-0.3, -0.25) is 0 Å². The van der Waals surface area contributed by atoms with Crippen LogP contribution in [0.25, 0.3) is 11.0 Å². The summed E-state index contributed by atoms with van der Waals surface area (Å²) in [5.41, 5.74) is 3.25. The number of aromatic nitrogens is 2. The first-order valence-corrected chi connectivity index (χ1v) is 6.55. The molecule has 0 amide bonds. The number of carbonyl (C=O) groups is 1. The fourth-order valence-corrected chi connectivity index (χ4v) is 2.12. The summed E-state index contributed by atoms with van der Waals surface area (Å²) in [7, 11) is 1.34. The van der Waals surface area contributed by atoms with E-state index in [-0.39, 0.29) is 0 Å². The summed E-state index contributed by atoms with van der Waals surface area (Å²) in [5, 5.41) is 12.0. The highest BCUT2D eigenvalue weighted by Gasteiger charge is 2.07. The van der Waals surface area contributed by atoms with Crippen LogP contribution in [0.15, 0.2) is 42.5 Å². The molecule has 108 valence electrons. The number of nitrogens with zero attached hydrogens (tertiary/aromatic N) is 2. The highest BCUT2D eigenvalue weighted by molar-refractivity contribution is 5.90. The number of methoxy groups -OCH3 is 1. The maximum atomic E-state index is 11.5. The molecule has 0 saturated carbocycles. The molecule has 0 fully saturated rings. The van der Waals surface area contributed by atoms with Crippen LogP contribution in [0.4, 0.5) is 11.6 Å². The molecule has 6 nitrogen and oxygen atoms in total. The van der Waals surface area contributed by atoms with Crippen LogP contribution in [0.5, 0.6) is 0 Å². The van der Waals surface area contributed by atoms with E-state index >= 15 is 0 Å². The predicted molar refractivity (Wildman–Crippen MR) is 81.9 cm³/mol. The molecule has 3 aromatic rings. The van der Waals surface area contributed by atoms with E-state index in [2.05, 4.69) is 21.4 Å². The normalized spacial score (nSPS) is 10.2. The molecule has 2 aromatic carbocycles. The third-order valence-electron chi connectivity index (χ3n) is 3.16. The van der Waals surface area contributed by atoms with Crippen molar-refractivity contribution < 1.29 is 9.53 Å². The van der Waals surface area contributed by atoms with E-state index in [0.29, 0.717) is 22.8 Å². The van der Waals surface area contributed by atoms with E-state index in [1.807, 2.05) is 6.07 Å². The van der Waals surface area contributed by atoms with Crippen LogP contribution in [0, 0.1) is 11.3 Å². The van der Waals surface area contributed by atoms with Crippen molar-refractivity contribution in [1.29, 1.82) is 5.26 Å². The summed E-state index contributed by atoms with van der Waals surface area (Å²) < 4.78 is 4.69. The molecule has 3 rings (SSSR count). The van der Waals surface area contributed by atoms with Gasteiger partial charge >= 0.3 is 5.97 Å². The number of anilines is 2. The van der Waals surface area contributed by atoms with Gasteiger partial charge in [-0.25, -0.2) is 9.78 Å². The number of nitrogens with one attached hydrogen (secondary N) is 2. The minimum atomic E-state index is -0.396. The van der Waals surface area contributed by atoms with Gasteiger partial charge < -0.3 is 15.0 Å². The van der Waals surface area contributed by atoms with Crippen molar-refractivity contribution in [3.63, 3.8) is 0 Å². The predicted octanol–water partition coefficient (Wildman–Crippen LogP) is 2.96. The van der Waals surface area contributed by atoms with Crippen LogP contribution in [0.2, 0.25) is 0 Å². The fourth-order valence-electron chi connectivity index (χ4n) is 2.12. The Morgan fingerprint density at radius 3 is 2.95 bits per heavy atom. The highest BCUT2D eigenvalue weighted by Crippen LogP contribution is 2.20. The summed E-state index contributed by atoms with van der Waals surface area (Å²) in [6.45, 7) is 0. The van der Waals surface area contributed by atoms with Gasteiger partial charge in [0.25, 0.3) is 0 Å². The van der Waals surface area contributed by atoms with Gasteiger partial charge in [0.15, 0.2) is 0 Å². The van der Waals surface area contributed by atoms with E-state index in [9.17, 15) is 4.79 Å². The lowest BCUT2D eigenvalue weighted by molar-refractivity contribution is 0.0601. The van der Waals surface area contributed by atoms with Crippen molar-refractivity contribution in [3.05, 3.63) is 53.6 Å². The minimum Gasteiger partial charge on any atom is -0.465 e. The van der Waals surface area contributed by atoms with Crippen molar-refractivity contribution in [3.8, 4) is 6.07 Å². The molecule has 0 unspecified atom stereocenters.